The van der Waals surface area contributed by atoms with Gasteiger partial charge in [0.2, 0.25) is 0 Å². The molecule has 2 saturated heterocycles. The fourth-order valence-electron chi connectivity index (χ4n) is 4.18. The van der Waals surface area contributed by atoms with Crippen LogP contribution in [0, 0.1) is 0 Å². The van der Waals surface area contributed by atoms with E-state index in [2.05, 4.69) is 33.5 Å². The number of rotatable bonds is 5. The zero-order valence-corrected chi connectivity index (χ0v) is 16.2. The van der Waals surface area contributed by atoms with Crippen LogP contribution >= 0.6 is 0 Å². The van der Waals surface area contributed by atoms with Gasteiger partial charge < -0.3 is 14.2 Å². The Morgan fingerprint density at radius 2 is 1.96 bits per heavy atom. The maximum Gasteiger partial charge on any atom is 0.410 e. The van der Waals surface area contributed by atoms with Gasteiger partial charge in [0.25, 0.3) is 0 Å². The summed E-state index contributed by atoms with van der Waals surface area (Å²) in [5.41, 5.74) is 0.946. The molecule has 6 heteroatoms. The third-order valence-electron chi connectivity index (χ3n) is 5.96. The molecular weight excluding hydrogens is 340 g/mol. The number of piperidine rings is 1. The first kappa shape index (κ1) is 18.0. The van der Waals surface area contributed by atoms with Crippen molar-refractivity contribution >= 4 is 6.09 Å². The number of amides is 1. The van der Waals surface area contributed by atoms with Gasteiger partial charge in [-0.05, 0) is 11.5 Å². The normalized spacial score (nSPS) is 20.8. The van der Waals surface area contributed by atoms with E-state index in [1.165, 1.54) is 5.56 Å². The minimum absolute atomic E-state index is 0.157. The van der Waals surface area contributed by atoms with E-state index in [0.29, 0.717) is 19.0 Å². The highest BCUT2D eigenvalue weighted by atomic mass is 16.6. The zero-order chi connectivity index (χ0) is 18.9. The Bertz CT molecular complexity index is 780. The van der Waals surface area contributed by atoms with E-state index in [0.717, 1.165) is 38.3 Å². The first-order valence-corrected chi connectivity index (χ1v) is 9.76. The molecule has 1 spiro atoms. The van der Waals surface area contributed by atoms with Crippen molar-refractivity contribution in [1.82, 2.24) is 19.4 Å². The topological polar surface area (TPSA) is 50.6 Å². The summed E-state index contributed by atoms with van der Waals surface area (Å²) in [7, 11) is 2.03. The van der Waals surface area contributed by atoms with Crippen LogP contribution in [0.2, 0.25) is 0 Å². The standard InChI is InChI=1S/C21H28N4O2/c1-17(18-6-4-3-5-7-18)14-25-16-21(27-20(25)26)8-11-24(12-9-21)15-19-22-10-13-23(19)2/h3-7,10,13,17H,8-9,11-12,14-16H2,1-2H3. The molecule has 1 atom stereocenters. The first-order chi connectivity index (χ1) is 13.0. The monoisotopic (exact) mass is 368 g/mol. The average molecular weight is 368 g/mol. The maximum absolute atomic E-state index is 12.5. The van der Waals surface area contributed by atoms with E-state index in [9.17, 15) is 4.79 Å². The van der Waals surface area contributed by atoms with Crippen molar-refractivity contribution in [3.63, 3.8) is 0 Å². The molecule has 4 rings (SSSR count). The van der Waals surface area contributed by atoms with Gasteiger partial charge >= 0.3 is 6.09 Å². The van der Waals surface area contributed by atoms with Crippen LogP contribution < -0.4 is 0 Å². The fraction of sp³-hybridized carbons (Fsp3) is 0.524. The number of aryl methyl sites for hydroxylation is 1. The molecule has 1 unspecified atom stereocenters. The molecule has 3 heterocycles. The highest BCUT2D eigenvalue weighted by Gasteiger charge is 2.47. The number of ether oxygens (including phenoxy) is 1. The van der Waals surface area contributed by atoms with Crippen LogP contribution in [0.3, 0.4) is 0 Å². The maximum atomic E-state index is 12.5. The number of likely N-dealkylation sites (tertiary alicyclic amines) is 1. The average Bonchev–Trinajstić information content (AvgIpc) is 3.21. The van der Waals surface area contributed by atoms with Gasteiger partial charge in [0.05, 0.1) is 13.1 Å². The van der Waals surface area contributed by atoms with Crippen molar-refractivity contribution in [3.8, 4) is 0 Å². The Morgan fingerprint density at radius 1 is 1.22 bits per heavy atom. The van der Waals surface area contributed by atoms with Gasteiger partial charge in [-0.15, -0.1) is 0 Å². The Hall–Kier alpha value is -2.34. The van der Waals surface area contributed by atoms with Crippen LogP contribution in [-0.4, -0.2) is 57.2 Å². The lowest BCUT2D eigenvalue weighted by Gasteiger charge is -2.37. The van der Waals surface area contributed by atoms with Crippen molar-refractivity contribution in [2.45, 2.75) is 37.8 Å². The molecule has 2 aliphatic heterocycles. The molecule has 1 amide bonds. The zero-order valence-electron chi connectivity index (χ0n) is 16.2. The predicted octanol–water partition coefficient (Wildman–Crippen LogP) is 3.01. The summed E-state index contributed by atoms with van der Waals surface area (Å²) in [6, 6.07) is 10.4. The van der Waals surface area contributed by atoms with E-state index < -0.39 is 0 Å². The van der Waals surface area contributed by atoms with Gasteiger partial charge in [-0.25, -0.2) is 9.78 Å². The van der Waals surface area contributed by atoms with Gasteiger partial charge in [0.15, 0.2) is 0 Å². The fourth-order valence-corrected chi connectivity index (χ4v) is 4.18. The lowest BCUT2D eigenvalue weighted by Crippen LogP contribution is -2.46. The van der Waals surface area contributed by atoms with E-state index in [1.54, 1.807) is 0 Å². The SMILES string of the molecule is CC(CN1CC2(CCN(Cc3nccn3C)CC2)OC1=O)c1ccccc1. The van der Waals surface area contributed by atoms with E-state index in [1.807, 2.05) is 42.5 Å². The molecule has 27 heavy (non-hydrogen) atoms. The Balaban J connectivity index is 1.33. The summed E-state index contributed by atoms with van der Waals surface area (Å²) in [6.45, 7) is 6.30. The molecule has 0 saturated carbocycles. The largest absolute Gasteiger partial charge is 0.441 e. The summed E-state index contributed by atoms with van der Waals surface area (Å²) in [5, 5.41) is 0. The van der Waals surface area contributed by atoms with E-state index in [4.69, 9.17) is 4.74 Å². The van der Waals surface area contributed by atoms with Crippen LogP contribution in [0.15, 0.2) is 42.7 Å². The van der Waals surface area contributed by atoms with Crippen LogP contribution in [0.25, 0.3) is 0 Å². The molecule has 0 radical (unpaired) electrons. The molecule has 1 aromatic heterocycles. The van der Waals surface area contributed by atoms with Gasteiger partial charge in [0, 0.05) is 51.9 Å². The third kappa shape index (κ3) is 3.86. The van der Waals surface area contributed by atoms with Crippen molar-refractivity contribution in [3.05, 3.63) is 54.1 Å². The van der Waals surface area contributed by atoms with Gasteiger partial charge in [-0.1, -0.05) is 37.3 Å². The summed E-state index contributed by atoms with van der Waals surface area (Å²) in [4.78, 5) is 21.2. The number of carbonyl (C=O) groups excluding carboxylic acids is 1. The smallest absolute Gasteiger partial charge is 0.410 e. The van der Waals surface area contributed by atoms with Crippen LogP contribution in [0.4, 0.5) is 4.79 Å². The number of nitrogens with zero attached hydrogens (tertiary/aromatic N) is 4. The summed E-state index contributed by atoms with van der Waals surface area (Å²) in [5.74, 6) is 1.38. The minimum Gasteiger partial charge on any atom is -0.441 e. The Kier molecular flexibility index (Phi) is 4.91. The van der Waals surface area contributed by atoms with Crippen molar-refractivity contribution < 1.29 is 9.53 Å². The molecule has 0 bridgehead atoms. The van der Waals surface area contributed by atoms with E-state index >= 15 is 0 Å². The second-order valence-corrected chi connectivity index (χ2v) is 7.97. The molecule has 6 nitrogen and oxygen atoms in total. The lowest BCUT2D eigenvalue weighted by molar-refractivity contribution is -0.00195. The molecule has 2 fully saturated rings. The number of carbonyl (C=O) groups is 1. The van der Waals surface area contributed by atoms with Gasteiger partial charge in [0.1, 0.15) is 11.4 Å². The van der Waals surface area contributed by atoms with Crippen molar-refractivity contribution in [1.29, 1.82) is 0 Å². The molecule has 144 valence electrons. The van der Waals surface area contributed by atoms with Crippen LogP contribution in [0.1, 0.15) is 37.1 Å². The van der Waals surface area contributed by atoms with Gasteiger partial charge in [-0.3, -0.25) is 4.90 Å². The molecule has 0 aliphatic carbocycles. The summed E-state index contributed by atoms with van der Waals surface area (Å²) < 4.78 is 7.95. The number of aromatic nitrogens is 2. The Labute approximate surface area is 160 Å². The Morgan fingerprint density at radius 3 is 2.63 bits per heavy atom. The molecular formula is C21H28N4O2. The second kappa shape index (κ2) is 7.35. The third-order valence-corrected chi connectivity index (χ3v) is 5.96. The highest BCUT2D eigenvalue weighted by molar-refractivity contribution is 5.70. The molecule has 2 aromatic rings. The lowest BCUT2D eigenvalue weighted by atomic mass is 9.91. The predicted molar refractivity (Wildman–Crippen MR) is 103 cm³/mol. The van der Waals surface area contributed by atoms with Crippen LogP contribution in [0.5, 0.6) is 0 Å². The number of benzene rings is 1. The van der Waals surface area contributed by atoms with Crippen molar-refractivity contribution in [2.75, 3.05) is 26.2 Å². The van der Waals surface area contributed by atoms with Crippen LogP contribution in [-0.2, 0) is 18.3 Å². The summed E-state index contributed by atoms with van der Waals surface area (Å²) in [6.07, 6.45) is 5.44. The van der Waals surface area contributed by atoms with Gasteiger partial charge in [-0.2, -0.15) is 0 Å². The highest BCUT2D eigenvalue weighted by Crippen LogP contribution is 2.34. The number of imidazole rings is 1. The van der Waals surface area contributed by atoms with Crippen molar-refractivity contribution in [2.24, 2.45) is 7.05 Å². The number of hydrogen-bond donors (Lipinski definition) is 0. The minimum atomic E-state index is -0.314. The number of hydrogen-bond acceptors (Lipinski definition) is 4. The summed E-state index contributed by atoms with van der Waals surface area (Å²) >= 11 is 0. The molecule has 0 N–H and O–H groups in total. The first-order valence-electron chi connectivity index (χ1n) is 9.76. The second-order valence-electron chi connectivity index (χ2n) is 7.97. The molecule has 2 aliphatic rings. The van der Waals surface area contributed by atoms with E-state index in [-0.39, 0.29) is 11.7 Å². The molecule has 1 aromatic carbocycles. The quantitative estimate of drug-likeness (QED) is 0.814.